The van der Waals surface area contributed by atoms with Crippen molar-refractivity contribution in [1.29, 1.82) is 0 Å². The minimum absolute atomic E-state index is 0.111. The van der Waals surface area contributed by atoms with E-state index in [1.54, 1.807) is 0 Å². The number of carbonyl (C=O) groups excluding carboxylic acids is 1. The van der Waals surface area contributed by atoms with Crippen LogP contribution in [0.25, 0.3) is 11.1 Å². The normalized spacial score (nSPS) is 29.2. The molecule has 2 heterocycles. The van der Waals surface area contributed by atoms with E-state index >= 15 is 0 Å². The first-order valence-electron chi connectivity index (χ1n) is 17.5. The van der Waals surface area contributed by atoms with Crippen LogP contribution in [0.3, 0.4) is 0 Å². The van der Waals surface area contributed by atoms with Crippen LogP contribution >= 0.6 is 0 Å². The second-order valence-electron chi connectivity index (χ2n) is 13.4. The number of fused-ring (bicyclic) bond motifs is 3. The lowest BCUT2D eigenvalue weighted by Gasteiger charge is -2.28. The predicted octanol–water partition coefficient (Wildman–Crippen LogP) is 6.12. The van der Waals surface area contributed by atoms with E-state index in [4.69, 9.17) is 42.6 Å². The Labute approximate surface area is 277 Å². The molecule has 0 N–H and O–H groups in total. The van der Waals surface area contributed by atoms with E-state index in [2.05, 4.69) is 31.2 Å². The van der Waals surface area contributed by atoms with Gasteiger partial charge < -0.3 is 42.6 Å². The van der Waals surface area contributed by atoms with Crippen LogP contribution in [0.2, 0.25) is 0 Å². The molecule has 7 rings (SSSR count). The Morgan fingerprint density at radius 3 is 1.70 bits per heavy atom. The summed E-state index contributed by atoms with van der Waals surface area (Å²) in [5, 5.41) is 0. The van der Waals surface area contributed by atoms with E-state index in [0.29, 0.717) is 25.8 Å². The fourth-order valence-electron chi connectivity index (χ4n) is 7.11. The average Bonchev–Trinajstić information content (AvgIpc) is 4.04. The molecule has 2 aromatic carbocycles. The number of carbonyl (C=O) groups is 1. The largest absolute Gasteiger partial charge is 0.468 e. The van der Waals surface area contributed by atoms with Crippen molar-refractivity contribution in [3.8, 4) is 22.6 Å². The molecule has 2 saturated carbocycles. The second-order valence-corrected chi connectivity index (χ2v) is 13.4. The highest BCUT2D eigenvalue weighted by molar-refractivity contribution is 5.81. The number of epoxide rings is 2. The van der Waals surface area contributed by atoms with Gasteiger partial charge in [0.2, 0.25) is 0 Å². The lowest BCUT2D eigenvalue weighted by molar-refractivity contribution is -0.143. The molecule has 2 aromatic rings. The Balaban J connectivity index is 0.851. The Morgan fingerprint density at radius 2 is 1.17 bits per heavy atom. The van der Waals surface area contributed by atoms with Crippen molar-refractivity contribution in [3.63, 3.8) is 0 Å². The summed E-state index contributed by atoms with van der Waals surface area (Å²) >= 11 is 0. The van der Waals surface area contributed by atoms with Crippen molar-refractivity contribution in [3.05, 3.63) is 47.5 Å². The van der Waals surface area contributed by atoms with Crippen molar-refractivity contribution in [1.82, 2.24) is 0 Å². The third kappa shape index (κ3) is 8.92. The highest BCUT2D eigenvalue weighted by Crippen LogP contribution is 2.48. The predicted molar refractivity (Wildman–Crippen MR) is 171 cm³/mol. The Bertz CT molecular complexity index is 1320. The van der Waals surface area contributed by atoms with Crippen LogP contribution in [-0.4, -0.2) is 83.3 Å². The van der Waals surface area contributed by atoms with Gasteiger partial charge in [-0.3, -0.25) is 4.79 Å². The van der Waals surface area contributed by atoms with Crippen LogP contribution in [0.15, 0.2) is 36.4 Å². The number of ether oxygens (including phenoxy) is 9. The Kier molecular flexibility index (Phi) is 11.1. The summed E-state index contributed by atoms with van der Waals surface area (Å²) in [6.45, 7) is 5.81. The zero-order valence-electron chi connectivity index (χ0n) is 27.4. The van der Waals surface area contributed by atoms with Gasteiger partial charge in [0.1, 0.15) is 37.3 Å². The molecule has 2 aliphatic heterocycles. The number of rotatable bonds is 17. The summed E-state index contributed by atoms with van der Waals surface area (Å²) < 4.78 is 51.1. The lowest BCUT2D eigenvalue weighted by Crippen LogP contribution is -2.29. The highest BCUT2D eigenvalue weighted by Gasteiger charge is 2.32. The molecule has 0 radical (unpaired) electrons. The first-order chi connectivity index (χ1) is 23.1. The second kappa shape index (κ2) is 15.8. The van der Waals surface area contributed by atoms with Crippen molar-refractivity contribution in [2.45, 2.75) is 101 Å². The molecular weight excluding hydrogens is 604 g/mol. The molecule has 0 spiro atoms. The molecule has 5 aliphatic rings. The maximum Gasteiger partial charge on any atom is 0.314 e. The van der Waals surface area contributed by atoms with Crippen molar-refractivity contribution in [2.75, 3.05) is 46.8 Å². The number of hydrogen-bond donors (Lipinski definition) is 0. The fraction of sp³-hybridized carbons (Fsp3) is 0.649. The van der Waals surface area contributed by atoms with Crippen LogP contribution in [0.4, 0.5) is 0 Å². The zero-order valence-corrected chi connectivity index (χ0v) is 27.4. The van der Waals surface area contributed by atoms with Gasteiger partial charge in [0.15, 0.2) is 6.79 Å². The zero-order chi connectivity index (χ0) is 32.0. The molecule has 0 aromatic heterocycles. The van der Waals surface area contributed by atoms with Gasteiger partial charge in [-0.1, -0.05) is 19.1 Å². The van der Waals surface area contributed by atoms with Crippen molar-refractivity contribution in [2.24, 2.45) is 5.92 Å². The third-order valence-corrected chi connectivity index (χ3v) is 10.1. The summed E-state index contributed by atoms with van der Waals surface area (Å²) in [6.07, 6.45) is 8.98. The number of hydrogen-bond acceptors (Lipinski definition) is 10. The Hall–Kier alpha value is -2.57. The molecule has 3 aliphatic carbocycles. The molecule has 0 bridgehead atoms. The first-order valence-corrected chi connectivity index (χ1v) is 17.5. The van der Waals surface area contributed by atoms with Gasteiger partial charge in [-0.2, -0.15) is 0 Å². The molecule has 2 saturated heterocycles. The summed E-state index contributed by atoms with van der Waals surface area (Å²) in [6, 6.07) is 12.3. The maximum absolute atomic E-state index is 13.1. The molecule has 256 valence electrons. The summed E-state index contributed by atoms with van der Waals surface area (Å²) in [5.74, 6) is 1.36. The van der Waals surface area contributed by atoms with Crippen molar-refractivity contribution >= 4 is 5.97 Å². The molecule has 47 heavy (non-hydrogen) atoms. The SMILES string of the molecule is CCC1c2cc(OCOC3CCC(OCOCC4CO4)CC3)ccc2-c2ccc(OC(=O)C3CCC(OCOCC4CO4)CC3)cc21. The van der Waals surface area contributed by atoms with Crippen LogP contribution in [0.1, 0.15) is 81.8 Å². The van der Waals surface area contributed by atoms with Crippen LogP contribution in [0.5, 0.6) is 11.5 Å². The molecule has 10 nitrogen and oxygen atoms in total. The molecule has 0 amide bonds. The van der Waals surface area contributed by atoms with E-state index in [9.17, 15) is 4.79 Å². The van der Waals surface area contributed by atoms with Gasteiger partial charge in [-0.15, -0.1) is 0 Å². The van der Waals surface area contributed by atoms with Gasteiger partial charge in [0.25, 0.3) is 0 Å². The van der Waals surface area contributed by atoms with E-state index in [1.165, 1.54) is 22.3 Å². The van der Waals surface area contributed by atoms with E-state index in [-0.39, 0.29) is 61.9 Å². The van der Waals surface area contributed by atoms with Crippen LogP contribution in [-0.2, 0) is 38.0 Å². The third-order valence-electron chi connectivity index (χ3n) is 10.1. The number of esters is 1. The van der Waals surface area contributed by atoms with E-state index in [0.717, 1.165) is 76.8 Å². The summed E-state index contributed by atoms with van der Waals surface area (Å²) in [7, 11) is 0. The topological polar surface area (TPSA) is 107 Å². The molecule has 3 atom stereocenters. The first kappa shape index (κ1) is 33.0. The van der Waals surface area contributed by atoms with E-state index < -0.39 is 0 Å². The van der Waals surface area contributed by atoms with Crippen LogP contribution < -0.4 is 9.47 Å². The van der Waals surface area contributed by atoms with Gasteiger partial charge >= 0.3 is 5.97 Å². The molecule has 3 unspecified atom stereocenters. The standard InChI is InChI=1S/C37H48O10/c1-2-32-35-15-28(46-23-45-27-9-7-26(8-10-27)44-22-40-18-31-20-42-31)11-13-33(35)34-14-12-29(16-36(32)34)47-37(38)24-3-5-25(6-4-24)43-21-39-17-30-19-41-30/h11-16,24-27,30-32H,2-10,17-23H2,1H3. The maximum atomic E-state index is 13.1. The average molecular weight is 653 g/mol. The minimum Gasteiger partial charge on any atom is -0.468 e. The quantitative estimate of drug-likeness (QED) is 0.0653. The molecule has 10 heteroatoms. The van der Waals surface area contributed by atoms with Gasteiger partial charge in [0, 0.05) is 5.92 Å². The van der Waals surface area contributed by atoms with Gasteiger partial charge in [0.05, 0.1) is 50.7 Å². The monoisotopic (exact) mass is 652 g/mol. The molecule has 4 fully saturated rings. The van der Waals surface area contributed by atoms with Crippen LogP contribution in [0, 0.1) is 5.92 Å². The fourth-order valence-corrected chi connectivity index (χ4v) is 7.11. The van der Waals surface area contributed by atoms with Crippen molar-refractivity contribution < 1.29 is 47.4 Å². The number of benzene rings is 2. The lowest BCUT2D eigenvalue weighted by atomic mass is 9.87. The van der Waals surface area contributed by atoms with Gasteiger partial charge in [-0.05, 0) is 104 Å². The molecular formula is C37H48O10. The smallest absolute Gasteiger partial charge is 0.314 e. The summed E-state index contributed by atoms with van der Waals surface area (Å²) in [4.78, 5) is 13.1. The highest BCUT2D eigenvalue weighted by atomic mass is 16.7. The summed E-state index contributed by atoms with van der Waals surface area (Å²) in [5.41, 5.74) is 4.83. The Morgan fingerprint density at radius 1 is 0.681 bits per heavy atom. The van der Waals surface area contributed by atoms with E-state index in [1.807, 2.05) is 12.1 Å². The minimum atomic E-state index is -0.154. The van der Waals surface area contributed by atoms with Gasteiger partial charge in [-0.25, -0.2) is 0 Å².